The van der Waals surface area contributed by atoms with Crippen LogP contribution >= 0.6 is 23.5 Å². The van der Waals surface area contributed by atoms with Crippen LogP contribution < -0.4 is 0 Å². The van der Waals surface area contributed by atoms with Gasteiger partial charge >= 0.3 is 0 Å². The maximum atomic E-state index is 11.3. The van der Waals surface area contributed by atoms with Crippen LogP contribution in [0.2, 0.25) is 0 Å². The molecule has 0 aromatic carbocycles. The van der Waals surface area contributed by atoms with Crippen LogP contribution in [-0.4, -0.2) is 58.4 Å². The standard InChI is InChI=1S/C22H41NO3S2/c1-3-4-5-7-14-27-16-12-18-19(21-11-10-20(18)26-21)13-17-28-15-8-6-9-22(24)23(2)25/h18-21,25H,3-17H2,1-2H3/t18-,19+,20-,21+/m0/s1. The van der Waals surface area contributed by atoms with E-state index in [9.17, 15) is 4.79 Å². The van der Waals surface area contributed by atoms with E-state index in [-0.39, 0.29) is 5.91 Å². The number of carbonyl (C=O) groups excluding carboxylic acids is 1. The number of ether oxygens (including phenoxy) is 1. The molecule has 4 nitrogen and oxygen atoms in total. The minimum Gasteiger partial charge on any atom is -0.374 e. The molecule has 1 N–H and O–H groups in total. The Labute approximate surface area is 180 Å². The number of rotatable bonds is 16. The smallest absolute Gasteiger partial charge is 0.245 e. The van der Waals surface area contributed by atoms with Gasteiger partial charge in [0.1, 0.15) is 0 Å². The van der Waals surface area contributed by atoms with Crippen molar-refractivity contribution < 1.29 is 14.7 Å². The molecule has 2 saturated heterocycles. The highest BCUT2D eigenvalue weighted by Crippen LogP contribution is 2.47. The highest BCUT2D eigenvalue weighted by molar-refractivity contribution is 7.99. The van der Waals surface area contributed by atoms with Crippen LogP contribution in [0.15, 0.2) is 0 Å². The van der Waals surface area contributed by atoms with Crippen molar-refractivity contribution in [2.75, 3.05) is 30.1 Å². The lowest BCUT2D eigenvalue weighted by molar-refractivity contribution is -0.159. The van der Waals surface area contributed by atoms with Crippen LogP contribution in [-0.2, 0) is 9.53 Å². The Balaban J connectivity index is 1.54. The van der Waals surface area contributed by atoms with Gasteiger partial charge in [-0.2, -0.15) is 23.5 Å². The third-order valence-corrected chi connectivity index (χ3v) is 8.42. The Hall–Kier alpha value is 0.0900. The first kappa shape index (κ1) is 24.4. The van der Waals surface area contributed by atoms with E-state index >= 15 is 0 Å². The van der Waals surface area contributed by atoms with E-state index in [4.69, 9.17) is 9.94 Å². The molecule has 2 fully saturated rings. The molecule has 0 aromatic heterocycles. The third kappa shape index (κ3) is 8.45. The fraction of sp³-hybridized carbons (Fsp3) is 0.955. The zero-order chi connectivity index (χ0) is 20.2. The number of carbonyl (C=O) groups is 1. The second-order valence-electron chi connectivity index (χ2n) is 8.36. The van der Waals surface area contributed by atoms with Crippen LogP contribution in [0.3, 0.4) is 0 Å². The van der Waals surface area contributed by atoms with Gasteiger partial charge in [-0.05, 0) is 79.8 Å². The minimum absolute atomic E-state index is 0.185. The quantitative estimate of drug-likeness (QED) is 0.195. The summed E-state index contributed by atoms with van der Waals surface area (Å²) in [7, 11) is 1.40. The molecule has 6 heteroatoms. The largest absolute Gasteiger partial charge is 0.374 e. The lowest BCUT2D eigenvalue weighted by Crippen LogP contribution is -2.28. The van der Waals surface area contributed by atoms with Gasteiger partial charge in [0.2, 0.25) is 5.91 Å². The van der Waals surface area contributed by atoms with Gasteiger partial charge in [-0.15, -0.1) is 0 Å². The monoisotopic (exact) mass is 431 g/mol. The Bertz CT molecular complexity index is 436. The van der Waals surface area contributed by atoms with E-state index in [1.165, 1.54) is 75.7 Å². The molecule has 0 aromatic rings. The maximum Gasteiger partial charge on any atom is 0.245 e. The second-order valence-corrected chi connectivity index (χ2v) is 10.8. The summed E-state index contributed by atoms with van der Waals surface area (Å²) in [5.41, 5.74) is 0. The fourth-order valence-electron chi connectivity index (χ4n) is 4.59. The van der Waals surface area contributed by atoms with Crippen LogP contribution in [0.4, 0.5) is 0 Å². The topological polar surface area (TPSA) is 49.8 Å². The van der Waals surface area contributed by atoms with Crippen molar-refractivity contribution in [3.8, 4) is 0 Å². The zero-order valence-electron chi connectivity index (χ0n) is 17.9. The molecule has 0 radical (unpaired) electrons. The number of fused-ring (bicyclic) bond motifs is 2. The molecule has 2 rings (SSSR count). The zero-order valence-corrected chi connectivity index (χ0v) is 19.6. The highest BCUT2D eigenvalue weighted by atomic mass is 32.2. The van der Waals surface area contributed by atoms with Gasteiger partial charge in [-0.25, -0.2) is 5.06 Å². The molecule has 2 aliphatic heterocycles. The minimum atomic E-state index is -0.185. The van der Waals surface area contributed by atoms with Crippen molar-refractivity contribution >= 4 is 29.4 Å². The molecule has 2 aliphatic rings. The first-order chi connectivity index (χ1) is 13.6. The number of thioether (sulfide) groups is 2. The van der Waals surface area contributed by atoms with E-state index in [0.29, 0.717) is 23.7 Å². The molecular formula is C22H41NO3S2. The van der Waals surface area contributed by atoms with Gasteiger partial charge in [-0.1, -0.05) is 26.2 Å². The Morgan fingerprint density at radius 3 is 2.04 bits per heavy atom. The SMILES string of the molecule is CCCCCCSCC[C@H]1[C@@H](CCSCCCCC(=O)N(C)O)[C@H]2CC[C@@H]1O2. The van der Waals surface area contributed by atoms with E-state index in [2.05, 4.69) is 18.7 Å². The molecule has 0 unspecified atom stereocenters. The van der Waals surface area contributed by atoms with Gasteiger partial charge in [0, 0.05) is 13.5 Å². The number of unbranched alkanes of at least 4 members (excludes halogenated alkanes) is 4. The summed E-state index contributed by atoms with van der Waals surface area (Å²) in [6, 6.07) is 0. The summed E-state index contributed by atoms with van der Waals surface area (Å²) in [5.74, 6) is 6.34. The molecule has 2 bridgehead atoms. The van der Waals surface area contributed by atoms with Gasteiger partial charge in [0.05, 0.1) is 12.2 Å². The molecule has 28 heavy (non-hydrogen) atoms. The van der Waals surface area contributed by atoms with Crippen LogP contribution in [0.5, 0.6) is 0 Å². The van der Waals surface area contributed by atoms with Crippen LogP contribution in [0.1, 0.15) is 77.6 Å². The van der Waals surface area contributed by atoms with Crippen LogP contribution in [0.25, 0.3) is 0 Å². The van der Waals surface area contributed by atoms with E-state index < -0.39 is 0 Å². The Morgan fingerprint density at radius 1 is 0.929 bits per heavy atom. The average Bonchev–Trinajstić information content (AvgIpc) is 3.28. The molecule has 0 spiro atoms. The normalized spacial score (nSPS) is 26.1. The first-order valence-electron chi connectivity index (χ1n) is 11.4. The average molecular weight is 432 g/mol. The predicted octanol–water partition coefficient (Wildman–Crippen LogP) is 5.62. The second kappa shape index (κ2) is 14.2. The Kier molecular flexibility index (Phi) is 12.3. The van der Waals surface area contributed by atoms with Crippen molar-refractivity contribution in [2.24, 2.45) is 11.8 Å². The third-order valence-electron chi connectivity index (χ3n) is 6.21. The van der Waals surface area contributed by atoms with E-state index in [1.807, 2.05) is 11.8 Å². The van der Waals surface area contributed by atoms with Gasteiger partial charge < -0.3 is 4.74 Å². The van der Waals surface area contributed by atoms with Gasteiger partial charge in [0.25, 0.3) is 0 Å². The van der Waals surface area contributed by atoms with Crippen molar-refractivity contribution in [3.05, 3.63) is 0 Å². The summed E-state index contributed by atoms with van der Waals surface area (Å²) >= 11 is 4.17. The maximum absolute atomic E-state index is 11.3. The molecular weight excluding hydrogens is 390 g/mol. The number of nitrogens with zero attached hydrogens (tertiary/aromatic N) is 1. The van der Waals surface area contributed by atoms with Crippen molar-refractivity contribution in [2.45, 2.75) is 89.8 Å². The summed E-state index contributed by atoms with van der Waals surface area (Å²) in [4.78, 5) is 11.3. The lowest BCUT2D eigenvalue weighted by Gasteiger charge is -2.28. The summed E-state index contributed by atoms with van der Waals surface area (Å²) in [5, 5.41) is 9.75. The van der Waals surface area contributed by atoms with E-state index in [1.54, 1.807) is 0 Å². The number of hydrogen-bond acceptors (Lipinski definition) is 5. The molecule has 4 atom stereocenters. The van der Waals surface area contributed by atoms with Crippen molar-refractivity contribution in [3.63, 3.8) is 0 Å². The first-order valence-corrected chi connectivity index (χ1v) is 13.7. The highest BCUT2D eigenvalue weighted by Gasteiger charge is 2.47. The number of hydroxylamine groups is 2. The molecule has 164 valence electrons. The molecule has 0 saturated carbocycles. The van der Waals surface area contributed by atoms with Crippen molar-refractivity contribution in [1.82, 2.24) is 5.06 Å². The van der Waals surface area contributed by atoms with Gasteiger partial charge in [-0.3, -0.25) is 10.0 Å². The molecule has 0 aliphatic carbocycles. The summed E-state index contributed by atoms with van der Waals surface area (Å²) in [6.07, 6.45) is 14.1. The van der Waals surface area contributed by atoms with E-state index in [0.717, 1.165) is 30.4 Å². The van der Waals surface area contributed by atoms with Gasteiger partial charge in [0.15, 0.2) is 0 Å². The predicted molar refractivity (Wildman–Crippen MR) is 121 cm³/mol. The number of amides is 1. The molecule has 2 heterocycles. The lowest BCUT2D eigenvalue weighted by atomic mass is 9.76. The number of hydrogen-bond donors (Lipinski definition) is 1. The fourth-order valence-corrected chi connectivity index (χ4v) is 6.69. The summed E-state index contributed by atoms with van der Waals surface area (Å²) in [6.45, 7) is 2.28. The molecule has 1 amide bonds. The van der Waals surface area contributed by atoms with Crippen LogP contribution in [0, 0.1) is 11.8 Å². The summed E-state index contributed by atoms with van der Waals surface area (Å²) < 4.78 is 6.27. The Morgan fingerprint density at radius 2 is 1.50 bits per heavy atom. The van der Waals surface area contributed by atoms with Crippen molar-refractivity contribution in [1.29, 1.82) is 0 Å².